The minimum absolute atomic E-state index is 0.242. The quantitative estimate of drug-likeness (QED) is 0.489. The van der Waals surface area contributed by atoms with E-state index in [4.69, 9.17) is 10.5 Å². The summed E-state index contributed by atoms with van der Waals surface area (Å²) in [5.74, 6) is -0.550. The third kappa shape index (κ3) is 5.67. The predicted molar refractivity (Wildman–Crippen MR) is 60.8 cm³/mol. The lowest BCUT2D eigenvalue weighted by molar-refractivity contribution is -0.129. The lowest BCUT2D eigenvalue weighted by atomic mass is 10.2. The van der Waals surface area contributed by atoms with Gasteiger partial charge in [0.1, 0.15) is 6.04 Å². The van der Waals surface area contributed by atoms with Crippen LogP contribution in [0, 0.1) is 0 Å². The Labute approximate surface area is 95.9 Å². The van der Waals surface area contributed by atoms with E-state index in [1.807, 2.05) is 6.92 Å². The largest absolute Gasteiger partial charge is 0.383 e. The maximum absolute atomic E-state index is 11.4. The van der Waals surface area contributed by atoms with Gasteiger partial charge in [0, 0.05) is 13.7 Å². The van der Waals surface area contributed by atoms with Crippen molar-refractivity contribution in [3.63, 3.8) is 0 Å². The molecule has 0 aliphatic rings. The zero-order chi connectivity index (χ0) is 12.6. The minimum atomic E-state index is -0.582. The van der Waals surface area contributed by atoms with E-state index in [9.17, 15) is 9.59 Å². The normalized spacial score (nSPS) is 14.0. The Hall–Kier alpha value is -1.14. The maximum Gasteiger partial charge on any atom is 0.242 e. The minimum Gasteiger partial charge on any atom is -0.383 e. The van der Waals surface area contributed by atoms with Gasteiger partial charge in [-0.2, -0.15) is 0 Å². The molecule has 2 atom stereocenters. The average Bonchev–Trinajstić information content (AvgIpc) is 2.27. The van der Waals surface area contributed by atoms with Crippen molar-refractivity contribution < 1.29 is 14.3 Å². The summed E-state index contributed by atoms with van der Waals surface area (Å²) in [4.78, 5) is 22.8. The number of nitrogens with one attached hydrogen (secondary N) is 2. The Bertz CT molecular complexity index is 233. The lowest BCUT2D eigenvalue weighted by Gasteiger charge is -2.16. The first-order valence-electron chi connectivity index (χ1n) is 5.35. The Kier molecular flexibility index (Phi) is 7.49. The maximum atomic E-state index is 11.4. The highest BCUT2D eigenvalue weighted by molar-refractivity contribution is 5.89. The van der Waals surface area contributed by atoms with Crippen LogP contribution in [0.4, 0.5) is 0 Å². The average molecular weight is 231 g/mol. The molecular formula is C10H21N3O3. The van der Waals surface area contributed by atoms with E-state index in [1.165, 1.54) is 0 Å². The standard InChI is InChI=1S/C10H21N3O3/c1-4-8(11)10(15)13-7(2)9(14)12-5-6-16-3/h7-8H,4-6,11H2,1-3H3,(H,12,14)(H,13,15). The topological polar surface area (TPSA) is 93.5 Å². The predicted octanol–water partition coefficient (Wildman–Crippen LogP) is -1.01. The van der Waals surface area contributed by atoms with Gasteiger partial charge >= 0.3 is 0 Å². The number of carbonyl (C=O) groups is 2. The Morgan fingerprint density at radius 3 is 2.50 bits per heavy atom. The van der Waals surface area contributed by atoms with Crippen LogP contribution in [0.5, 0.6) is 0 Å². The van der Waals surface area contributed by atoms with Gasteiger partial charge in [-0.05, 0) is 13.3 Å². The number of nitrogens with two attached hydrogens (primary N) is 1. The van der Waals surface area contributed by atoms with Crippen LogP contribution in [-0.4, -0.2) is 44.2 Å². The van der Waals surface area contributed by atoms with Crippen LogP contribution < -0.4 is 16.4 Å². The van der Waals surface area contributed by atoms with Crippen LogP contribution in [0.15, 0.2) is 0 Å². The summed E-state index contributed by atoms with van der Waals surface area (Å²) in [6.45, 7) is 4.30. The van der Waals surface area contributed by atoms with Crippen molar-refractivity contribution in [2.75, 3.05) is 20.3 Å². The molecule has 0 saturated heterocycles. The van der Waals surface area contributed by atoms with Gasteiger partial charge in [0.15, 0.2) is 0 Å². The Morgan fingerprint density at radius 2 is 2.00 bits per heavy atom. The van der Waals surface area contributed by atoms with Gasteiger partial charge < -0.3 is 21.1 Å². The van der Waals surface area contributed by atoms with Crippen molar-refractivity contribution in [1.82, 2.24) is 10.6 Å². The number of amides is 2. The fraction of sp³-hybridized carbons (Fsp3) is 0.800. The van der Waals surface area contributed by atoms with Crippen LogP contribution in [-0.2, 0) is 14.3 Å². The third-order valence-corrected chi connectivity index (χ3v) is 2.13. The van der Waals surface area contributed by atoms with E-state index in [-0.39, 0.29) is 11.8 Å². The first-order chi connectivity index (χ1) is 7.52. The second-order valence-corrected chi connectivity index (χ2v) is 3.53. The van der Waals surface area contributed by atoms with Gasteiger partial charge in [0.2, 0.25) is 11.8 Å². The number of hydrogen-bond acceptors (Lipinski definition) is 4. The third-order valence-electron chi connectivity index (χ3n) is 2.13. The van der Waals surface area contributed by atoms with E-state index in [1.54, 1.807) is 14.0 Å². The summed E-state index contributed by atoms with van der Waals surface area (Å²) in [7, 11) is 1.55. The van der Waals surface area contributed by atoms with E-state index in [2.05, 4.69) is 10.6 Å². The van der Waals surface area contributed by atoms with Crippen LogP contribution in [0.2, 0.25) is 0 Å². The van der Waals surface area contributed by atoms with Crippen molar-refractivity contribution in [3.8, 4) is 0 Å². The summed E-state index contributed by atoms with van der Waals surface area (Å²) < 4.78 is 4.79. The molecule has 0 aliphatic carbocycles. The van der Waals surface area contributed by atoms with Gasteiger partial charge in [-0.3, -0.25) is 9.59 Å². The van der Waals surface area contributed by atoms with Gasteiger partial charge in [0.05, 0.1) is 12.6 Å². The monoisotopic (exact) mass is 231 g/mol. The smallest absolute Gasteiger partial charge is 0.242 e. The van der Waals surface area contributed by atoms with Crippen molar-refractivity contribution >= 4 is 11.8 Å². The first-order valence-corrected chi connectivity index (χ1v) is 5.35. The molecule has 0 saturated carbocycles. The van der Waals surface area contributed by atoms with Crippen molar-refractivity contribution in [2.24, 2.45) is 5.73 Å². The second-order valence-electron chi connectivity index (χ2n) is 3.53. The molecule has 0 spiro atoms. The summed E-state index contributed by atoms with van der Waals surface area (Å²) in [6.07, 6.45) is 0.545. The van der Waals surface area contributed by atoms with Gasteiger partial charge in [-0.1, -0.05) is 6.92 Å². The molecule has 0 fully saturated rings. The number of methoxy groups -OCH3 is 1. The van der Waals surface area contributed by atoms with Gasteiger partial charge in [-0.15, -0.1) is 0 Å². The van der Waals surface area contributed by atoms with Gasteiger partial charge in [0.25, 0.3) is 0 Å². The van der Waals surface area contributed by atoms with Crippen molar-refractivity contribution in [2.45, 2.75) is 32.4 Å². The van der Waals surface area contributed by atoms with Crippen LogP contribution >= 0.6 is 0 Å². The van der Waals surface area contributed by atoms with E-state index in [0.29, 0.717) is 19.6 Å². The molecule has 94 valence electrons. The SMILES string of the molecule is CCC(N)C(=O)NC(C)C(=O)NCCOC. The lowest BCUT2D eigenvalue weighted by Crippen LogP contribution is -2.50. The highest BCUT2D eigenvalue weighted by Crippen LogP contribution is 1.89. The second kappa shape index (κ2) is 8.06. The van der Waals surface area contributed by atoms with Crippen molar-refractivity contribution in [3.05, 3.63) is 0 Å². The molecular weight excluding hydrogens is 210 g/mol. The van der Waals surface area contributed by atoms with Crippen molar-refractivity contribution in [1.29, 1.82) is 0 Å². The Morgan fingerprint density at radius 1 is 1.38 bits per heavy atom. The zero-order valence-electron chi connectivity index (χ0n) is 10.1. The molecule has 0 rings (SSSR count). The molecule has 16 heavy (non-hydrogen) atoms. The molecule has 0 aliphatic heterocycles. The van der Waals surface area contributed by atoms with Crippen LogP contribution in [0.3, 0.4) is 0 Å². The summed E-state index contributed by atoms with van der Waals surface area (Å²) in [6, 6.07) is -1.14. The van der Waals surface area contributed by atoms with E-state index >= 15 is 0 Å². The van der Waals surface area contributed by atoms with Gasteiger partial charge in [-0.25, -0.2) is 0 Å². The molecule has 2 unspecified atom stereocenters. The molecule has 4 N–H and O–H groups in total. The summed E-state index contributed by atoms with van der Waals surface area (Å²) in [5.41, 5.74) is 5.52. The Balaban J connectivity index is 3.91. The number of rotatable bonds is 7. The number of ether oxygens (including phenoxy) is 1. The number of carbonyl (C=O) groups excluding carboxylic acids is 2. The van der Waals surface area contributed by atoms with E-state index < -0.39 is 12.1 Å². The molecule has 0 bridgehead atoms. The van der Waals surface area contributed by atoms with Crippen LogP contribution in [0.25, 0.3) is 0 Å². The van der Waals surface area contributed by atoms with E-state index in [0.717, 1.165) is 0 Å². The molecule has 0 aromatic carbocycles. The molecule has 0 heterocycles. The number of hydrogen-bond donors (Lipinski definition) is 3. The fourth-order valence-corrected chi connectivity index (χ4v) is 1.00. The molecule has 0 aromatic rings. The highest BCUT2D eigenvalue weighted by Gasteiger charge is 2.18. The summed E-state index contributed by atoms with van der Waals surface area (Å²) >= 11 is 0. The zero-order valence-corrected chi connectivity index (χ0v) is 10.1. The molecule has 0 aromatic heterocycles. The molecule has 2 amide bonds. The molecule has 0 radical (unpaired) electrons. The molecule has 6 heteroatoms. The highest BCUT2D eigenvalue weighted by atomic mass is 16.5. The molecule has 6 nitrogen and oxygen atoms in total. The fourth-order valence-electron chi connectivity index (χ4n) is 1.00. The first kappa shape index (κ1) is 14.9. The van der Waals surface area contributed by atoms with Crippen LogP contribution in [0.1, 0.15) is 20.3 Å². The summed E-state index contributed by atoms with van der Waals surface area (Å²) in [5, 5.41) is 5.17.